The summed E-state index contributed by atoms with van der Waals surface area (Å²) in [5.41, 5.74) is -8.92. The first-order chi connectivity index (χ1) is 14.3. The molecule has 7 unspecified atom stereocenters. The Balaban J connectivity index is 1.75. The van der Waals surface area contributed by atoms with E-state index in [1.54, 1.807) is 0 Å². The fourth-order valence-corrected chi connectivity index (χ4v) is 9.03. The van der Waals surface area contributed by atoms with Crippen molar-refractivity contribution < 1.29 is 48.7 Å². The third-order valence-electron chi connectivity index (χ3n) is 8.91. The zero-order valence-electron chi connectivity index (χ0n) is 17.2. The maximum absolute atomic E-state index is 13.4. The average Bonchev–Trinajstić information content (AvgIpc) is 3.35. The molecular weight excluding hydrogens is 436 g/mol. The van der Waals surface area contributed by atoms with Crippen molar-refractivity contribution in [3.63, 3.8) is 0 Å². The van der Waals surface area contributed by atoms with E-state index in [-0.39, 0.29) is 0 Å². The van der Waals surface area contributed by atoms with E-state index in [9.17, 15) is 29.7 Å². The number of fused-ring (bicyclic) bond motifs is 1. The van der Waals surface area contributed by atoms with Crippen LogP contribution in [0.5, 0.6) is 0 Å². The minimum Gasteiger partial charge on any atom is -0.458 e. The van der Waals surface area contributed by atoms with Crippen molar-refractivity contribution in [2.75, 3.05) is 0 Å². The first-order valence-corrected chi connectivity index (χ1v) is 10.7. The van der Waals surface area contributed by atoms with Gasteiger partial charge in [0.1, 0.15) is 12.2 Å². The van der Waals surface area contributed by atoms with E-state index in [1.807, 2.05) is 20.8 Å². The van der Waals surface area contributed by atoms with Crippen molar-refractivity contribution in [3.8, 4) is 0 Å². The molecule has 0 radical (unpaired) electrons. The van der Waals surface area contributed by atoms with Crippen LogP contribution < -0.4 is 0 Å². The second kappa shape index (κ2) is 5.04. The third kappa shape index (κ3) is 1.48. The van der Waals surface area contributed by atoms with Crippen molar-refractivity contribution in [1.82, 2.24) is 0 Å². The highest BCUT2D eigenvalue weighted by atomic mass is 35.5. The second-order valence-corrected chi connectivity index (χ2v) is 11.2. The molecule has 6 aliphatic rings. The molecule has 11 heteroatoms. The lowest BCUT2D eigenvalue weighted by Crippen LogP contribution is -2.67. The number of hydrogen-bond donors (Lipinski definition) is 3. The normalized spacial score (nSPS) is 61.0. The zero-order valence-corrected chi connectivity index (χ0v) is 18.0. The SMILES string of the molecule is C[C@@H]1C(=O)OC2[C@H](O)C34C5OC(=O)C3(OC3OC(=O)[C@H](O)C34C(C(C)(C)C)[C@H]5Cl)[C@]21O. The molecule has 2 saturated carbocycles. The molecule has 0 aromatic heterocycles. The highest BCUT2D eigenvalue weighted by molar-refractivity contribution is 6.22. The summed E-state index contributed by atoms with van der Waals surface area (Å²) in [6.07, 6.45) is -7.77. The number of aliphatic hydroxyl groups excluding tert-OH is 2. The predicted octanol–water partition coefficient (Wildman–Crippen LogP) is -1.15. The molecule has 0 aromatic carbocycles. The molecule has 6 rings (SSSR count). The van der Waals surface area contributed by atoms with E-state index in [4.69, 9.17) is 30.5 Å². The van der Waals surface area contributed by atoms with Crippen molar-refractivity contribution in [3.05, 3.63) is 0 Å². The Hall–Kier alpha value is -1.46. The summed E-state index contributed by atoms with van der Waals surface area (Å²) in [4.78, 5) is 38.4. The van der Waals surface area contributed by atoms with E-state index in [2.05, 4.69) is 0 Å². The second-order valence-electron chi connectivity index (χ2n) is 10.7. The quantitative estimate of drug-likeness (QED) is 0.231. The van der Waals surface area contributed by atoms with Gasteiger partial charge in [0, 0.05) is 0 Å². The van der Waals surface area contributed by atoms with Gasteiger partial charge in [-0.25, -0.2) is 9.59 Å². The number of aliphatic hydroxyl groups is 3. The molecule has 4 aliphatic heterocycles. The largest absolute Gasteiger partial charge is 0.458 e. The van der Waals surface area contributed by atoms with Crippen LogP contribution in [0.15, 0.2) is 0 Å². The van der Waals surface area contributed by atoms with Gasteiger partial charge < -0.3 is 34.3 Å². The smallest absolute Gasteiger partial charge is 0.343 e. The van der Waals surface area contributed by atoms with Gasteiger partial charge in [-0.2, -0.15) is 0 Å². The van der Waals surface area contributed by atoms with Crippen LogP contribution in [0.3, 0.4) is 0 Å². The lowest BCUT2D eigenvalue weighted by atomic mass is 9.51. The van der Waals surface area contributed by atoms with Crippen molar-refractivity contribution in [1.29, 1.82) is 0 Å². The number of halogens is 1. The number of hydrogen-bond acceptors (Lipinski definition) is 10. The van der Waals surface area contributed by atoms with E-state index in [0.29, 0.717) is 0 Å². The van der Waals surface area contributed by atoms with Crippen LogP contribution in [0.2, 0.25) is 0 Å². The summed E-state index contributed by atoms with van der Waals surface area (Å²) in [7, 11) is 0. The topological polar surface area (TPSA) is 149 Å². The van der Waals surface area contributed by atoms with E-state index in [1.165, 1.54) is 6.92 Å². The van der Waals surface area contributed by atoms with Gasteiger partial charge in [0.05, 0.1) is 22.1 Å². The number of alkyl halides is 1. The Morgan fingerprint density at radius 2 is 1.65 bits per heavy atom. The zero-order chi connectivity index (χ0) is 22.7. The van der Waals surface area contributed by atoms with Crippen molar-refractivity contribution >= 4 is 29.5 Å². The molecule has 170 valence electrons. The Morgan fingerprint density at radius 1 is 1.00 bits per heavy atom. The molecule has 2 spiro atoms. The Morgan fingerprint density at radius 3 is 2.26 bits per heavy atom. The lowest BCUT2D eigenvalue weighted by Gasteiger charge is -2.47. The molecule has 4 saturated heterocycles. The molecule has 0 bridgehead atoms. The maximum Gasteiger partial charge on any atom is 0.343 e. The first-order valence-electron chi connectivity index (χ1n) is 10.3. The van der Waals surface area contributed by atoms with Crippen LogP contribution in [0.25, 0.3) is 0 Å². The molecule has 2 aliphatic carbocycles. The van der Waals surface area contributed by atoms with E-state index in [0.717, 1.165) is 0 Å². The van der Waals surface area contributed by atoms with Crippen LogP contribution >= 0.6 is 11.6 Å². The Bertz CT molecular complexity index is 962. The minimum absolute atomic E-state index is 0.674. The van der Waals surface area contributed by atoms with Gasteiger partial charge >= 0.3 is 17.9 Å². The Labute approximate surface area is 181 Å². The molecule has 4 heterocycles. The molecule has 12 atom stereocenters. The summed E-state index contributed by atoms with van der Waals surface area (Å²) >= 11 is 6.88. The predicted molar refractivity (Wildman–Crippen MR) is 97.0 cm³/mol. The van der Waals surface area contributed by atoms with Crippen LogP contribution in [-0.2, 0) is 33.3 Å². The van der Waals surface area contributed by atoms with Crippen LogP contribution in [0, 0.1) is 28.1 Å². The van der Waals surface area contributed by atoms with Gasteiger partial charge in [-0.1, -0.05) is 20.8 Å². The van der Waals surface area contributed by atoms with Gasteiger partial charge in [-0.05, 0) is 18.3 Å². The van der Waals surface area contributed by atoms with Crippen LogP contribution in [0.1, 0.15) is 27.7 Å². The standard InChI is InChI=1S/C20H23ClO10/c1-5-12(24)28-11-8(22)18-10-6(21)7(16(2,3)4)17(18)9(23)13(25)30-15(17)31-20(18,14(26)29-10)19(5,11)27/h5-11,15,22-23,27H,1-4H3/t5-,6-,7?,8+,9+,10?,11?,15?,17?,18?,19-,20?/m1/s1. The third-order valence-corrected chi connectivity index (χ3v) is 9.39. The highest BCUT2D eigenvalue weighted by Gasteiger charge is 3.05. The number of ether oxygens (including phenoxy) is 4. The van der Waals surface area contributed by atoms with Crippen LogP contribution in [-0.4, -0.2) is 80.5 Å². The number of rotatable bonds is 0. The summed E-state index contributed by atoms with van der Waals surface area (Å²) < 4.78 is 22.5. The van der Waals surface area contributed by atoms with Crippen molar-refractivity contribution in [2.45, 2.75) is 75.0 Å². The van der Waals surface area contributed by atoms with Crippen molar-refractivity contribution in [2.24, 2.45) is 28.1 Å². The van der Waals surface area contributed by atoms with Crippen LogP contribution in [0.4, 0.5) is 0 Å². The molecular formula is C20H23ClO10. The van der Waals surface area contributed by atoms with Gasteiger partial charge in [0.15, 0.2) is 17.8 Å². The molecule has 10 nitrogen and oxygen atoms in total. The maximum atomic E-state index is 13.4. The molecule has 0 amide bonds. The molecule has 0 aromatic rings. The average molecular weight is 459 g/mol. The van der Waals surface area contributed by atoms with Gasteiger partial charge in [0.2, 0.25) is 11.9 Å². The number of carbonyl (C=O) groups is 3. The molecule has 6 fully saturated rings. The Kier molecular flexibility index (Phi) is 3.28. The fraction of sp³-hybridized carbons (Fsp3) is 0.850. The summed E-state index contributed by atoms with van der Waals surface area (Å²) in [5.74, 6) is -4.82. The summed E-state index contributed by atoms with van der Waals surface area (Å²) in [6, 6.07) is 0. The van der Waals surface area contributed by atoms with E-state index >= 15 is 0 Å². The summed E-state index contributed by atoms with van der Waals surface area (Å²) in [5, 5.41) is 33.9. The monoisotopic (exact) mass is 458 g/mol. The fourth-order valence-electron chi connectivity index (χ4n) is 8.19. The van der Waals surface area contributed by atoms with Gasteiger partial charge in [-0.15, -0.1) is 11.6 Å². The number of carbonyl (C=O) groups excluding carboxylic acids is 3. The first kappa shape index (κ1) is 20.2. The minimum atomic E-state index is -2.32. The summed E-state index contributed by atoms with van der Waals surface area (Å²) in [6.45, 7) is 6.89. The van der Waals surface area contributed by atoms with Gasteiger partial charge in [0.25, 0.3) is 0 Å². The van der Waals surface area contributed by atoms with E-state index < -0.39 is 93.3 Å². The molecule has 3 N–H and O–H groups in total. The lowest BCUT2D eigenvalue weighted by molar-refractivity contribution is -0.239. The molecule has 31 heavy (non-hydrogen) atoms. The number of esters is 3. The highest BCUT2D eigenvalue weighted by Crippen LogP contribution is 2.85. The van der Waals surface area contributed by atoms with Gasteiger partial charge in [-0.3, -0.25) is 4.79 Å².